The van der Waals surface area contributed by atoms with Crippen LogP contribution in [0.25, 0.3) is 6.08 Å². The molecule has 1 fully saturated rings. The van der Waals surface area contributed by atoms with Gasteiger partial charge in [0.15, 0.2) is 11.5 Å². The summed E-state index contributed by atoms with van der Waals surface area (Å²) in [6.07, 6.45) is 2.53. The van der Waals surface area contributed by atoms with Crippen molar-refractivity contribution in [3.05, 3.63) is 27.1 Å². The molecular weight excluding hydrogens is 466 g/mol. The third-order valence-corrected chi connectivity index (χ3v) is 5.75. The molecule has 9 heteroatoms. The number of hydrogen-bond donors (Lipinski definition) is 0. The first-order chi connectivity index (χ1) is 13.4. The van der Waals surface area contributed by atoms with Gasteiger partial charge in [-0.1, -0.05) is 24.0 Å². The highest BCUT2D eigenvalue weighted by atomic mass is 79.9. The van der Waals surface area contributed by atoms with Crippen LogP contribution in [0.5, 0.6) is 11.5 Å². The van der Waals surface area contributed by atoms with Gasteiger partial charge in [0.25, 0.3) is 5.91 Å². The minimum Gasteiger partial charge on any atom is -0.493 e. The van der Waals surface area contributed by atoms with Crippen molar-refractivity contribution in [1.29, 1.82) is 0 Å². The minimum atomic E-state index is -0.269. The van der Waals surface area contributed by atoms with Crippen molar-refractivity contribution in [2.24, 2.45) is 0 Å². The first-order valence-electron chi connectivity index (χ1n) is 8.82. The lowest BCUT2D eigenvalue weighted by atomic mass is 10.2. The van der Waals surface area contributed by atoms with Crippen molar-refractivity contribution in [2.45, 2.75) is 26.7 Å². The fourth-order valence-corrected chi connectivity index (χ4v) is 4.45. The summed E-state index contributed by atoms with van der Waals surface area (Å²) < 4.78 is 17.1. The van der Waals surface area contributed by atoms with E-state index >= 15 is 0 Å². The number of thioether (sulfide) groups is 1. The summed E-state index contributed by atoms with van der Waals surface area (Å²) in [6, 6.07) is 3.67. The maximum absolute atomic E-state index is 12.7. The van der Waals surface area contributed by atoms with Crippen LogP contribution in [0.15, 0.2) is 21.5 Å². The number of halogens is 1. The molecule has 1 aliphatic rings. The zero-order valence-electron chi connectivity index (χ0n) is 16.0. The molecule has 0 unspecified atom stereocenters. The van der Waals surface area contributed by atoms with Crippen molar-refractivity contribution >= 4 is 62.2 Å². The number of ether oxygens (including phenoxy) is 3. The van der Waals surface area contributed by atoms with E-state index in [1.807, 2.05) is 19.1 Å². The molecule has 1 aromatic rings. The Hall–Kier alpha value is -1.58. The van der Waals surface area contributed by atoms with Gasteiger partial charge in [-0.2, -0.15) is 0 Å². The largest absolute Gasteiger partial charge is 0.493 e. The van der Waals surface area contributed by atoms with E-state index in [4.69, 9.17) is 26.4 Å². The molecule has 2 rings (SSSR count). The topological polar surface area (TPSA) is 65.1 Å². The lowest BCUT2D eigenvalue weighted by Crippen LogP contribution is -2.29. The molecule has 0 saturated carbocycles. The molecule has 0 bridgehead atoms. The minimum absolute atomic E-state index is 0.164. The lowest BCUT2D eigenvalue weighted by molar-refractivity contribution is -0.143. The molecule has 1 saturated heterocycles. The van der Waals surface area contributed by atoms with Crippen LogP contribution in [0.1, 0.15) is 32.3 Å². The second-order valence-corrected chi connectivity index (χ2v) is 8.24. The van der Waals surface area contributed by atoms with Gasteiger partial charge in [-0.05, 0) is 60.0 Å². The van der Waals surface area contributed by atoms with E-state index in [-0.39, 0.29) is 18.3 Å². The number of benzene rings is 1. The van der Waals surface area contributed by atoms with Crippen LogP contribution in [0, 0.1) is 0 Å². The highest BCUT2D eigenvalue weighted by Crippen LogP contribution is 2.39. The lowest BCUT2D eigenvalue weighted by Gasteiger charge is -2.14. The summed E-state index contributed by atoms with van der Waals surface area (Å²) in [5, 5.41) is 0. The fourth-order valence-electron chi connectivity index (χ4n) is 2.57. The summed E-state index contributed by atoms with van der Waals surface area (Å²) in [6.45, 7) is 4.91. The number of carbonyl (C=O) groups excluding carboxylic acids is 2. The predicted octanol–water partition coefficient (Wildman–Crippen LogP) is 4.40. The zero-order chi connectivity index (χ0) is 20.7. The highest BCUT2D eigenvalue weighted by molar-refractivity contribution is 9.10. The second kappa shape index (κ2) is 10.8. The summed E-state index contributed by atoms with van der Waals surface area (Å²) in [7, 11) is 1.57. The molecule has 1 amide bonds. The molecule has 0 N–H and O–H groups in total. The monoisotopic (exact) mass is 487 g/mol. The van der Waals surface area contributed by atoms with Gasteiger partial charge in [-0.3, -0.25) is 14.5 Å². The first-order valence-corrected chi connectivity index (χ1v) is 10.8. The van der Waals surface area contributed by atoms with Gasteiger partial charge < -0.3 is 14.2 Å². The smallest absolute Gasteiger partial charge is 0.305 e. The van der Waals surface area contributed by atoms with Gasteiger partial charge in [0.1, 0.15) is 4.32 Å². The number of thiocarbonyl (C=S) groups is 1. The molecule has 0 aliphatic carbocycles. The number of methoxy groups -OCH3 is 1. The molecule has 1 heterocycles. The zero-order valence-corrected chi connectivity index (χ0v) is 19.2. The molecule has 6 nitrogen and oxygen atoms in total. The summed E-state index contributed by atoms with van der Waals surface area (Å²) in [4.78, 5) is 26.2. The molecule has 152 valence electrons. The van der Waals surface area contributed by atoms with Crippen LogP contribution < -0.4 is 9.47 Å². The van der Waals surface area contributed by atoms with E-state index in [1.54, 1.807) is 20.1 Å². The molecule has 1 aromatic carbocycles. The van der Waals surface area contributed by atoms with Gasteiger partial charge >= 0.3 is 5.97 Å². The van der Waals surface area contributed by atoms with Crippen LogP contribution in [-0.4, -0.2) is 48.0 Å². The van der Waals surface area contributed by atoms with Gasteiger partial charge in [-0.15, -0.1) is 0 Å². The number of carbonyl (C=O) groups is 2. The Kier molecular flexibility index (Phi) is 8.78. The highest BCUT2D eigenvalue weighted by Gasteiger charge is 2.31. The van der Waals surface area contributed by atoms with Crippen LogP contribution in [0.3, 0.4) is 0 Å². The Morgan fingerprint density at radius 2 is 2.07 bits per heavy atom. The van der Waals surface area contributed by atoms with Crippen molar-refractivity contribution in [1.82, 2.24) is 4.90 Å². The van der Waals surface area contributed by atoms with Crippen LogP contribution >= 0.6 is 39.9 Å². The van der Waals surface area contributed by atoms with Crippen LogP contribution in [0.2, 0.25) is 0 Å². The quantitative estimate of drug-likeness (QED) is 0.290. The van der Waals surface area contributed by atoms with E-state index < -0.39 is 0 Å². The van der Waals surface area contributed by atoms with Gasteiger partial charge in [0.2, 0.25) is 0 Å². The maximum Gasteiger partial charge on any atom is 0.305 e. The SMILES string of the molecule is CCOC(=O)CCCN1C(=O)/C(=C/c2cc(Br)c(OCC)c(OC)c2)SC1=S. The van der Waals surface area contributed by atoms with Gasteiger partial charge in [0, 0.05) is 13.0 Å². The Bertz CT molecular complexity index is 797. The molecule has 0 aromatic heterocycles. The number of nitrogens with zero attached hydrogens (tertiary/aromatic N) is 1. The average molecular weight is 488 g/mol. The van der Waals surface area contributed by atoms with Crippen molar-refractivity contribution in [3.8, 4) is 11.5 Å². The van der Waals surface area contributed by atoms with E-state index in [0.717, 1.165) is 10.0 Å². The average Bonchev–Trinajstić information content (AvgIpc) is 2.91. The maximum atomic E-state index is 12.7. The van der Waals surface area contributed by atoms with E-state index in [9.17, 15) is 9.59 Å². The van der Waals surface area contributed by atoms with Crippen molar-refractivity contribution in [3.63, 3.8) is 0 Å². The van der Waals surface area contributed by atoms with Gasteiger partial charge in [0.05, 0.1) is 29.7 Å². The molecule has 0 atom stereocenters. The third-order valence-electron chi connectivity index (χ3n) is 3.78. The Morgan fingerprint density at radius 1 is 1.32 bits per heavy atom. The summed E-state index contributed by atoms with van der Waals surface area (Å²) in [5.74, 6) is 0.763. The Balaban J connectivity index is 2.12. The fraction of sp³-hybridized carbons (Fsp3) is 0.421. The van der Waals surface area contributed by atoms with Crippen molar-refractivity contribution < 1.29 is 23.8 Å². The van der Waals surface area contributed by atoms with Crippen LogP contribution in [0.4, 0.5) is 0 Å². The number of rotatable bonds is 9. The number of hydrogen-bond acceptors (Lipinski definition) is 7. The second-order valence-electron chi connectivity index (χ2n) is 5.71. The first kappa shape index (κ1) is 22.7. The Labute approximate surface area is 182 Å². The van der Waals surface area contributed by atoms with E-state index in [1.165, 1.54) is 16.7 Å². The molecule has 1 aliphatic heterocycles. The van der Waals surface area contributed by atoms with Crippen LogP contribution in [-0.2, 0) is 14.3 Å². The molecule has 0 spiro atoms. The molecule has 0 radical (unpaired) electrons. The number of esters is 1. The normalized spacial score (nSPS) is 15.3. The molecule has 28 heavy (non-hydrogen) atoms. The van der Waals surface area contributed by atoms with Gasteiger partial charge in [-0.25, -0.2) is 0 Å². The van der Waals surface area contributed by atoms with E-state index in [2.05, 4.69) is 15.9 Å². The predicted molar refractivity (Wildman–Crippen MR) is 118 cm³/mol. The van der Waals surface area contributed by atoms with E-state index in [0.29, 0.717) is 46.9 Å². The van der Waals surface area contributed by atoms with Crippen molar-refractivity contribution in [2.75, 3.05) is 26.9 Å². The number of amides is 1. The summed E-state index contributed by atoms with van der Waals surface area (Å²) >= 11 is 10.1. The third kappa shape index (κ3) is 5.71. The Morgan fingerprint density at radius 3 is 2.71 bits per heavy atom. The standard InChI is InChI=1S/C19H22BrNO5S2/c1-4-25-16(22)7-6-8-21-18(23)15(28-19(21)27)11-12-9-13(20)17(26-5-2)14(10-12)24-3/h9-11H,4-8H2,1-3H3/b15-11-. The molecular formula is C19H22BrNO5S2. The summed E-state index contributed by atoms with van der Waals surface area (Å²) in [5.41, 5.74) is 0.791.